The van der Waals surface area contributed by atoms with Crippen molar-refractivity contribution in [1.29, 1.82) is 0 Å². The van der Waals surface area contributed by atoms with Crippen molar-refractivity contribution < 1.29 is 18.9 Å². The largest absolute Gasteiger partial charge is 0.496 e. The molecule has 0 heterocycles. The van der Waals surface area contributed by atoms with Crippen LogP contribution >= 0.6 is 15.9 Å². The fourth-order valence-corrected chi connectivity index (χ4v) is 4.46. The zero-order chi connectivity index (χ0) is 19.6. The van der Waals surface area contributed by atoms with E-state index in [9.17, 15) is 0 Å². The standard InChI is InChI=1S/C22H25BrO4/c1-13-15-7-6-8-17(23)21(16(15)9-10-18(13)24-2)14-11-19(25-3)22(27-5)20(12-14)26-4/h9-12H,6-8H2,1-5H3. The molecule has 0 saturated carbocycles. The predicted molar refractivity (Wildman–Crippen MR) is 112 cm³/mol. The van der Waals surface area contributed by atoms with Crippen molar-refractivity contribution in [2.75, 3.05) is 28.4 Å². The van der Waals surface area contributed by atoms with Crippen molar-refractivity contribution in [3.05, 3.63) is 51.0 Å². The summed E-state index contributed by atoms with van der Waals surface area (Å²) in [5.41, 5.74) is 5.93. The zero-order valence-corrected chi connectivity index (χ0v) is 18.0. The molecule has 3 rings (SSSR count). The lowest BCUT2D eigenvalue weighted by Crippen LogP contribution is -2.01. The number of rotatable bonds is 5. The van der Waals surface area contributed by atoms with Crippen molar-refractivity contribution in [3.63, 3.8) is 0 Å². The fraction of sp³-hybridized carbons (Fsp3) is 0.364. The summed E-state index contributed by atoms with van der Waals surface area (Å²) in [4.78, 5) is 0. The second-order valence-corrected chi connectivity index (χ2v) is 7.42. The summed E-state index contributed by atoms with van der Waals surface area (Å²) in [5, 5.41) is 0. The van der Waals surface area contributed by atoms with Gasteiger partial charge in [0.15, 0.2) is 11.5 Å². The quantitative estimate of drug-likeness (QED) is 0.622. The molecule has 0 N–H and O–H groups in total. The molecule has 2 aromatic carbocycles. The normalized spacial score (nSPS) is 13.7. The molecule has 0 unspecified atom stereocenters. The minimum Gasteiger partial charge on any atom is -0.496 e. The van der Waals surface area contributed by atoms with Gasteiger partial charge in [0.1, 0.15) is 5.75 Å². The molecule has 1 aliphatic carbocycles. The van der Waals surface area contributed by atoms with Gasteiger partial charge in [-0.15, -0.1) is 0 Å². The van der Waals surface area contributed by atoms with Gasteiger partial charge in [-0.2, -0.15) is 0 Å². The Morgan fingerprint density at radius 3 is 2.00 bits per heavy atom. The minimum absolute atomic E-state index is 0.597. The van der Waals surface area contributed by atoms with Crippen LogP contribution in [0.4, 0.5) is 0 Å². The first-order chi connectivity index (χ1) is 13.0. The van der Waals surface area contributed by atoms with Gasteiger partial charge in [-0.05, 0) is 72.2 Å². The molecule has 2 aromatic rings. The highest BCUT2D eigenvalue weighted by Gasteiger charge is 2.23. The lowest BCUT2D eigenvalue weighted by molar-refractivity contribution is 0.324. The highest BCUT2D eigenvalue weighted by atomic mass is 79.9. The van der Waals surface area contributed by atoms with E-state index in [1.165, 1.54) is 21.2 Å². The van der Waals surface area contributed by atoms with Gasteiger partial charge in [0.25, 0.3) is 0 Å². The molecular weight excluding hydrogens is 408 g/mol. The molecule has 0 aromatic heterocycles. The average molecular weight is 433 g/mol. The maximum absolute atomic E-state index is 5.56. The Labute approximate surface area is 169 Å². The van der Waals surface area contributed by atoms with Gasteiger partial charge in [0.2, 0.25) is 5.75 Å². The smallest absolute Gasteiger partial charge is 0.203 e. The van der Waals surface area contributed by atoms with E-state index in [-0.39, 0.29) is 0 Å². The van der Waals surface area contributed by atoms with Crippen LogP contribution in [0.1, 0.15) is 35.1 Å². The lowest BCUT2D eigenvalue weighted by atomic mass is 9.90. The van der Waals surface area contributed by atoms with E-state index in [0.29, 0.717) is 17.2 Å². The molecule has 0 saturated heterocycles. The molecule has 0 bridgehead atoms. The van der Waals surface area contributed by atoms with Crippen molar-refractivity contribution in [2.24, 2.45) is 0 Å². The predicted octanol–water partition coefficient (Wildman–Crippen LogP) is 5.52. The maximum Gasteiger partial charge on any atom is 0.203 e. The molecule has 0 aliphatic heterocycles. The van der Waals surface area contributed by atoms with Gasteiger partial charge in [-0.1, -0.05) is 22.0 Å². The SMILES string of the molecule is COc1ccc2c(c1C)CCCC(Br)=C2c1cc(OC)c(OC)c(OC)c1. The number of hydrogen-bond donors (Lipinski definition) is 0. The van der Waals surface area contributed by atoms with Gasteiger partial charge in [-0.3, -0.25) is 0 Å². The second-order valence-electron chi connectivity index (χ2n) is 6.47. The molecule has 0 atom stereocenters. The Hall–Kier alpha value is -2.14. The second kappa shape index (κ2) is 8.26. The Morgan fingerprint density at radius 2 is 1.44 bits per heavy atom. The number of halogens is 1. The number of ether oxygens (including phenoxy) is 4. The molecule has 5 heteroatoms. The van der Waals surface area contributed by atoms with Crippen LogP contribution in [0.2, 0.25) is 0 Å². The van der Waals surface area contributed by atoms with Crippen LogP contribution in [0.15, 0.2) is 28.7 Å². The van der Waals surface area contributed by atoms with Gasteiger partial charge in [0, 0.05) is 4.48 Å². The topological polar surface area (TPSA) is 36.9 Å². The fourth-order valence-electron chi connectivity index (χ4n) is 3.74. The third kappa shape index (κ3) is 3.53. The van der Waals surface area contributed by atoms with Gasteiger partial charge in [0.05, 0.1) is 28.4 Å². The molecule has 0 fully saturated rings. The Bertz CT molecular complexity index is 861. The van der Waals surface area contributed by atoms with E-state index in [1.807, 2.05) is 18.2 Å². The van der Waals surface area contributed by atoms with Gasteiger partial charge in [-0.25, -0.2) is 0 Å². The summed E-state index contributed by atoms with van der Waals surface area (Å²) in [7, 11) is 6.62. The Morgan fingerprint density at radius 1 is 0.815 bits per heavy atom. The van der Waals surface area contributed by atoms with E-state index in [0.717, 1.165) is 36.1 Å². The molecule has 27 heavy (non-hydrogen) atoms. The highest BCUT2D eigenvalue weighted by molar-refractivity contribution is 9.11. The maximum atomic E-state index is 5.56. The first-order valence-corrected chi connectivity index (χ1v) is 9.70. The number of hydrogen-bond acceptors (Lipinski definition) is 4. The molecule has 144 valence electrons. The summed E-state index contributed by atoms with van der Waals surface area (Å²) in [6.45, 7) is 2.13. The van der Waals surface area contributed by atoms with Gasteiger partial charge < -0.3 is 18.9 Å². The summed E-state index contributed by atoms with van der Waals surface area (Å²) < 4.78 is 23.3. The zero-order valence-electron chi connectivity index (χ0n) is 16.4. The molecule has 0 amide bonds. The number of fused-ring (bicyclic) bond motifs is 1. The van der Waals surface area contributed by atoms with E-state index < -0.39 is 0 Å². The van der Waals surface area contributed by atoms with E-state index >= 15 is 0 Å². The van der Waals surface area contributed by atoms with Crippen molar-refractivity contribution in [1.82, 2.24) is 0 Å². The third-order valence-electron chi connectivity index (χ3n) is 5.09. The van der Waals surface area contributed by atoms with Crippen LogP contribution in [-0.4, -0.2) is 28.4 Å². The van der Waals surface area contributed by atoms with Crippen LogP contribution < -0.4 is 18.9 Å². The molecule has 0 spiro atoms. The highest BCUT2D eigenvalue weighted by Crippen LogP contribution is 2.45. The summed E-state index contributed by atoms with van der Waals surface area (Å²) in [5.74, 6) is 2.82. The van der Waals surface area contributed by atoms with Gasteiger partial charge >= 0.3 is 0 Å². The van der Waals surface area contributed by atoms with E-state index in [4.69, 9.17) is 18.9 Å². The van der Waals surface area contributed by atoms with Crippen molar-refractivity contribution in [2.45, 2.75) is 26.2 Å². The lowest BCUT2D eigenvalue weighted by Gasteiger charge is -2.19. The number of benzene rings is 2. The van der Waals surface area contributed by atoms with Crippen LogP contribution in [0.25, 0.3) is 5.57 Å². The van der Waals surface area contributed by atoms with Crippen LogP contribution in [0, 0.1) is 6.92 Å². The summed E-state index contributed by atoms with van der Waals surface area (Å²) in [6.07, 6.45) is 3.07. The average Bonchev–Trinajstić information content (AvgIpc) is 2.85. The first kappa shape index (κ1) is 19.6. The van der Waals surface area contributed by atoms with E-state index in [2.05, 4.69) is 28.9 Å². The van der Waals surface area contributed by atoms with Crippen LogP contribution in [0.5, 0.6) is 23.0 Å². The first-order valence-electron chi connectivity index (χ1n) is 8.91. The summed E-state index contributed by atoms with van der Waals surface area (Å²) >= 11 is 3.84. The van der Waals surface area contributed by atoms with Crippen molar-refractivity contribution >= 4 is 21.5 Å². The third-order valence-corrected chi connectivity index (χ3v) is 5.88. The molecule has 0 radical (unpaired) electrons. The molecule has 4 nitrogen and oxygen atoms in total. The Kier molecular flexibility index (Phi) is 6.00. The number of methoxy groups -OCH3 is 4. The summed E-state index contributed by atoms with van der Waals surface area (Å²) in [6, 6.07) is 8.20. The Balaban J connectivity index is 2.27. The monoisotopic (exact) mass is 432 g/mol. The van der Waals surface area contributed by atoms with E-state index in [1.54, 1.807) is 28.4 Å². The number of allylic oxidation sites excluding steroid dienone is 1. The minimum atomic E-state index is 0.597. The van der Waals surface area contributed by atoms with Crippen LogP contribution in [-0.2, 0) is 6.42 Å². The molecular formula is C22H25BrO4. The van der Waals surface area contributed by atoms with Crippen LogP contribution in [0.3, 0.4) is 0 Å². The molecule has 1 aliphatic rings. The van der Waals surface area contributed by atoms with Crippen molar-refractivity contribution in [3.8, 4) is 23.0 Å².